The molecule has 6 heteroatoms. The van der Waals surface area contributed by atoms with Crippen molar-refractivity contribution in [1.82, 2.24) is 9.62 Å². The molecule has 0 aromatic carbocycles. The van der Waals surface area contributed by atoms with E-state index in [-0.39, 0.29) is 6.54 Å². The van der Waals surface area contributed by atoms with Gasteiger partial charge in [-0.25, -0.2) is 13.1 Å². The molecule has 0 amide bonds. The molecule has 1 atom stereocenters. The SMILES string of the molecule is CCN(CCNS(=O)(=O)C(C)CN)C1CC1. The summed E-state index contributed by atoms with van der Waals surface area (Å²) in [6.45, 7) is 6.15. The first kappa shape index (κ1) is 13.9. The highest BCUT2D eigenvalue weighted by Crippen LogP contribution is 2.25. The van der Waals surface area contributed by atoms with E-state index in [0.717, 1.165) is 13.1 Å². The maximum absolute atomic E-state index is 11.6. The van der Waals surface area contributed by atoms with Gasteiger partial charge in [-0.1, -0.05) is 6.92 Å². The van der Waals surface area contributed by atoms with Gasteiger partial charge in [0, 0.05) is 25.7 Å². The van der Waals surface area contributed by atoms with Gasteiger partial charge in [-0.3, -0.25) is 4.90 Å². The lowest BCUT2D eigenvalue weighted by Crippen LogP contribution is -2.41. The fourth-order valence-electron chi connectivity index (χ4n) is 1.64. The third-order valence-corrected chi connectivity index (χ3v) is 4.89. The number of nitrogens with two attached hydrogens (primary N) is 1. The molecule has 1 saturated carbocycles. The van der Waals surface area contributed by atoms with Crippen molar-refractivity contribution in [3.63, 3.8) is 0 Å². The van der Waals surface area contributed by atoms with E-state index < -0.39 is 15.3 Å². The van der Waals surface area contributed by atoms with E-state index in [0.29, 0.717) is 12.6 Å². The lowest BCUT2D eigenvalue weighted by Gasteiger charge is -2.20. The zero-order chi connectivity index (χ0) is 12.2. The number of rotatable bonds is 8. The minimum atomic E-state index is -3.22. The summed E-state index contributed by atoms with van der Waals surface area (Å²) in [6, 6.07) is 0.682. The third-order valence-electron chi connectivity index (χ3n) is 3.03. The maximum Gasteiger partial charge on any atom is 0.215 e. The fraction of sp³-hybridized carbons (Fsp3) is 1.00. The Hall–Kier alpha value is -0.170. The van der Waals surface area contributed by atoms with Gasteiger partial charge in [-0.05, 0) is 26.3 Å². The predicted molar refractivity (Wildman–Crippen MR) is 65.7 cm³/mol. The average Bonchev–Trinajstić information content (AvgIpc) is 3.07. The third kappa shape index (κ3) is 4.01. The van der Waals surface area contributed by atoms with E-state index in [4.69, 9.17) is 5.73 Å². The summed E-state index contributed by atoms with van der Waals surface area (Å²) in [5, 5.41) is -0.511. The van der Waals surface area contributed by atoms with Crippen LogP contribution in [0.15, 0.2) is 0 Å². The van der Waals surface area contributed by atoms with Crippen molar-refractivity contribution in [3.05, 3.63) is 0 Å². The quantitative estimate of drug-likeness (QED) is 0.621. The highest BCUT2D eigenvalue weighted by atomic mass is 32.2. The summed E-state index contributed by atoms with van der Waals surface area (Å²) in [7, 11) is -3.22. The van der Waals surface area contributed by atoms with Gasteiger partial charge in [0.1, 0.15) is 0 Å². The largest absolute Gasteiger partial charge is 0.329 e. The van der Waals surface area contributed by atoms with Crippen LogP contribution in [0.1, 0.15) is 26.7 Å². The van der Waals surface area contributed by atoms with Crippen LogP contribution < -0.4 is 10.5 Å². The van der Waals surface area contributed by atoms with E-state index in [1.54, 1.807) is 6.92 Å². The van der Waals surface area contributed by atoms with E-state index in [2.05, 4.69) is 16.5 Å². The molecule has 0 spiro atoms. The molecule has 16 heavy (non-hydrogen) atoms. The molecule has 96 valence electrons. The first-order valence-corrected chi connectivity index (χ1v) is 7.48. The minimum absolute atomic E-state index is 0.162. The second kappa shape index (κ2) is 5.95. The Morgan fingerprint density at radius 1 is 1.50 bits per heavy atom. The molecule has 3 N–H and O–H groups in total. The van der Waals surface area contributed by atoms with Crippen LogP contribution >= 0.6 is 0 Å². The highest BCUT2D eigenvalue weighted by molar-refractivity contribution is 7.90. The van der Waals surface area contributed by atoms with Crippen LogP contribution in [-0.2, 0) is 10.0 Å². The van der Waals surface area contributed by atoms with Gasteiger partial charge in [0.25, 0.3) is 0 Å². The second-order valence-electron chi connectivity index (χ2n) is 4.35. The number of hydrogen-bond donors (Lipinski definition) is 2. The van der Waals surface area contributed by atoms with E-state index in [1.807, 2.05) is 0 Å². The molecule has 0 radical (unpaired) electrons. The number of likely N-dealkylation sites (N-methyl/N-ethyl adjacent to an activating group) is 1. The summed E-state index contributed by atoms with van der Waals surface area (Å²) in [6.07, 6.45) is 2.50. The molecule has 0 aromatic heterocycles. The van der Waals surface area contributed by atoms with Crippen LogP contribution in [0, 0.1) is 0 Å². The van der Waals surface area contributed by atoms with Gasteiger partial charge in [0.05, 0.1) is 5.25 Å². The summed E-state index contributed by atoms with van der Waals surface area (Å²) in [4.78, 5) is 2.32. The van der Waals surface area contributed by atoms with Crippen molar-refractivity contribution in [2.75, 3.05) is 26.2 Å². The highest BCUT2D eigenvalue weighted by Gasteiger charge is 2.27. The molecule has 1 aliphatic carbocycles. The van der Waals surface area contributed by atoms with Crippen molar-refractivity contribution in [3.8, 4) is 0 Å². The van der Waals surface area contributed by atoms with E-state index >= 15 is 0 Å². The molecule has 1 aliphatic rings. The first-order valence-electron chi connectivity index (χ1n) is 5.93. The fourth-order valence-corrected chi connectivity index (χ4v) is 2.55. The lowest BCUT2D eigenvalue weighted by atomic mass is 10.4. The molecule has 0 aliphatic heterocycles. The average molecular weight is 249 g/mol. The van der Waals surface area contributed by atoms with Crippen molar-refractivity contribution in [2.45, 2.75) is 38.0 Å². The molecular formula is C10H23N3O2S. The number of hydrogen-bond acceptors (Lipinski definition) is 4. The standard InChI is InChI=1S/C10H23N3O2S/c1-3-13(10-4-5-10)7-6-12-16(14,15)9(2)8-11/h9-10,12H,3-8,11H2,1-2H3. The second-order valence-corrected chi connectivity index (χ2v) is 6.53. The van der Waals surface area contributed by atoms with Crippen LogP contribution in [0.25, 0.3) is 0 Å². The van der Waals surface area contributed by atoms with Crippen LogP contribution in [0.5, 0.6) is 0 Å². The zero-order valence-corrected chi connectivity index (χ0v) is 11.0. The van der Waals surface area contributed by atoms with Crippen molar-refractivity contribution in [1.29, 1.82) is 0 Å². The van der Waals surface area contributed by atoms with Crippen molar-refractivity contribution in [2.24, 2.45) is 5.73 Å². The van der Waals surface area contributed by atoms with Gasteiger partial charge in [0.15, 0.2) is 0 Å². The van der Waals surface area contributed by atoms with Gasteiger partial charge < -0.3 is 5.73 Å². The molecular weight excluding hydrogens is 226 g/mol. The molecule has 1 rings (SSSR count). The first-order chi connectivity index (χ1) is 7.51. The van der Waals surface area contributed by atoms with Gasteiger partial charge >= 0.3 is 0 Å². The number of nitrogens with zero attached hydrogens (tertiary/aromatic N) is 1. The Morgan fingerprint density at radius 3 is 2.56 bits per heavy atom. The van der Waals surface area contributed by atoms with Crippen LogP contribution in [0.3, 0.4) is 0 Å². The Bertz CT molecular complexity index is 301. The van der Waals surface area contributed by atoms with Crippen molar-refractivity contribution >= 4 is 10.0 Å². The molecule has 5 nitrogen and oxygen atoms in total. The molecule has 0 bridgehead atoms. The van der Waals surface area contributed by atoms with E-state index in [9.17, 15) is 8.42 Å². The van der Waals surface area contributed by atoms with E-state index in [1.165, 1.54) is 12.8 Å². The molecule has 0 heterocycles. The van der Waals surface area contributed by atoms with Crippen LogP contribution in [-0.4, -0.2) is 50.8 Å². The Morgan fingerprint density at radius 2 is 2.12 bits per heavy atom. The summed E-state index contributed by atoms with van der Waals surface area (Å²) < 4.78 is 25.8. The minimum Gasteiger partial charge on any atom is -0.329 e. The number of sulfonamides is 1. The number of nitrogens with one attached hydrogen (secondary N) is 1. The Labute approximate surface area is 98.4 Å². The summed E-state index contributed by atoms with van der Waals surface area (Å²) in [5.74, 6) is 0. The molecule has 0 saturated heterocycles. The lowest BCUT2D eigenvalue weighted by molar-refractivity contribution is 0.282. The van der Waals surface area contributed by atoms with Crippen LogP contribution in [0.4, 0.5) is 0 Å². The Balaban J connectivity index is 2.28. The summed E-state index contributed by atoms with van der Waals surface area (Å²) in [5.41, 5.74) is 5.34. The zero-order valence-electron chi connectivity index (χ0n) is 10.1. The molecule has 1 unspecified atom stereocenters. The van der Waals surface area contributed by atoms with Gasteiger partial charge in [-0.2, -0.15) is 0 Å². The topological polar surface area (TPSA) is 75.4 Å². The predicted octanol–water partition coefficient (Wildman–Crippen LogP) is -0.263. The van der Waals surface area contributed by atoms with Crippen LogP contribution in [0.2, 0.25) is 0 Å². The van der Waals surface area contributed by atoms with Crippen molar-refractivity contribution < 1.29 is 8.42 Å². The maximum atomic E-state index is 11.6. The Kier molecular flexibility index (Phi) is 5.17. The monoisotopic (exact) mass is 249 g/mol. The van der Waals surface area contributed by atoms with Gasteiger partial charge in [0.2, 0.25) is 10.0 Å². The molecule has 0 aromatic rings. The molecule has 1 fully saturated rings. The summed E-state index contributed by atoms with van der Waals surface area (Å²) >= 11 is 0. The normalized spacial score (nSPS) is 19.0. The van der Waals surface area contributed by atoms with Gasteiger partial charge in [-0.15, -0.1) is 0 Å². The smallest absolute Gasteiger partial charge is 0.215 e.